The molecule has 2 heterocycles. The highest BCUT2D eigenvalue weighted by atomic mass is 16.3. The zero-order valence-electron chi connectivity index (χ0n) is 11.7. The normalized spacial score (nSPS) is 25.6. The van der Waals surface area contributed by atoms with Crippen LogP contribution in [0.25, 0.3) is 0 Å². The molecule has 1 atom stereocenters. The first-order valence-corrected chi connectivity index (χ1v) is 7.91. The van der Waals surface area contributed by atoms with Crippen LogP contribution in [-0.4, -0.2) is 26.5 Å². The second-order valence-electron chi connectivity index (χ2n) is 6.21. The van der Waals surface area contributed by atoms with Gasteiger partial charge < -0.3 is 9.67 Å². The van der Waals surface area contributed by atoms with Crippen molar-refractivity contribution in [1.29, 1.82) is 0 Å². The fourth-order valence-electron chi connectivity index (χ4n) is 3.58. The maximum absolute atomic E-state index is 9.38. The third-order valence-electron chi connectivity index (χ3n) is 4.80. The summed E-state index contributed by atoms with van der Waals surface area (Å²) in [5.41, 5.74) is 0. The number of nitrogens with zero attached hydrogens (tertiary/aromatic N) is 3. The molecular formula is C15H25N3O. The molecule has 1 N–H and O–H groups in total. The van der Waals surface area contributed by atoms with Gasteiger partial charge in [0, 0.05) is 31.4 Å². The van der Waals surface area contributed by atoms with Crippen LogP contribution in [0.1, 0.15) is 68.9 Å². The largest absolute Gasteiger partial charge is 0.396 e. The molecule has 0 spiro atoms. The highest BCUT2D eigenvalue weighted by Gasteiger charge is 2.26. The van der Waals surface area contributed by atoms with Crippen molar-refractivity contribution in [3.8, 4) is 0 Å². The lowest BCUT2D eigenvalue weighted by Gasteiger charge is -2.25. The van der Waals surface area contributed by atoms with E-state index in [0.717, 1.165) is 25.2 Å². The van der Waals surface area contributed by atoms with Gasteiger partial charge in [-0.05, 0) is 19.3 Å². The van der Waals surface area contributed by atoms with Gasteiger partial charge in [-0.25, -0.2) is 0 Å². The van der Waals surface area contributed by atoms with E-state index in [-0.39, 0.29) is 0 Å². The summed E-state index contributed by atoms with van der Waals surface area (Å²) in [4.78, 5) is 0. The van der Waals surface area contributed by atoms with Gasteiger partial charge in [-0.3, -0.25) is 0 Å². The Balaban J connectivity index is 1.78. The topological polar surface area (TPSA) is 50.9 Å². The zero-order valence-corrected chi connectivity index (χ0v) is 11.7. The smallest absolute Gasteiger partial charge is 0.136 e. The summed E-state index contributed by atoms with van der Waals surface area (Å²) in [5, 5.41) is 18.3. The van der Waals surface area contributed by atoms with Crippen molar-refractivity contribution in [2.45, 2.75) is 70.3 Å². The summed E-state index contributed by atoms with van der Waals surface area (Å²) in [5.74, 6) is 3.34. The van der Waals surface area contributed by atoms with E-state index in [0.29, 0.717) is 18.4 Å². The molecule has 4 nitrogen and oxygen atoms in total. The minimum absolute atomic E-state index is 0.293. The SMILES string of the molecule is OCC1CCc2nnc(C3CCCCCCC3)n2C1. The van der Waals surface area contributed by atoms with Crippen LogP contribution in [0.2, 0.25) is 0 Å². The maximum atomic E-state index is 9.38. The number of aliphatic hydroxyl groups excluding tert-OH is 1. The average Bonchev–Trinajstić information content (AvgIpc) is 2.81. The summed E-state index contributed by atoms with van der Waals surface area (Å²) >= 11 is 0. The Labute approximate surface area is 115 Å². The second-order valence-corrected chi connectivity index (χ2v) is 6.21. The highest BCUT2D eigenvalue weighted by Crippen LogP contribution is 2.32. The monoisotopic (exact) mass is 263 g/mol. The number of aliphatic hydroxyl groups is 1. The number of fused-ring (bicyclic) bond motifs is 1. The van der Waals surface area contributed by atoms with Gasteiger partial charge in [0.15, 0.2) is 0 Å². The number of aromatic nitrogens is 3. The first kappa shape index (κ1) is 13.1. The van der Waals surface area contributed by atoms with Crippen molar-refractivity contribution in [3.05, 3.63) is 11.6 Å². The molecule has 0 saturated heterocycles. The lowest BCUT2D eigenvalue weighted by Crippen LogP contribution is -2.25. The van der Waals surface area contributed by atoms with Crippen molar-refractivity contribution in [2.24, 2.45) is 5.92 Å². The molecule has 1 unspecified atom stereocenters. The Morgan fingerprint density at radius 2 is 1.74 bits per heavy atom. The Kier molecular flexibility index (Phi) is 4.16. The van der Waals surface area contributed by atoms with Crippen molar-refractivity contribution in [3.63, 3.8) is 0 Å². The fourth-order valence-corrected chi connectivity index (χ4v) is 3.58. The van der Waals surface area contributed by atoms with Crippen LogP contribution in [0.3, 0.4) is 0 Å². The Bertz CT molecular complexity index is 408. The molecule has 3 rings (SSSR count). The number of hydrogen-bond donors (Lipinski definition) is 1. The van der Waals surface area contributed by atoms with Gasteiger partial charge in [-0.1, -0.05) is 32.1 Å². The van der Waals surface area contributed by atoms with E-state index in [1.807, 2.05) is 0 Å². The Morgan fingerprint density at radius 1 is 1.00 bits per heavy atom. The Morgan fingerprint density at radius 3 is 2.47 bits per heavy atom. The molecule has 2 aliphatic rings. The predicted molar refractivity (Wildman–Crippen MR) is 74.0 cm³/mol. The van der Waals surface area contributed by atoms with Crippen molar-refractivity contribution in [2.75, 3.05) is 6.61 Å². The van der Waals surface area contributed by atoms with Crippen LogP contribution in [0.15, 0.2) is 0 Å². The third kappa shape index (κ3) is 2.83. The van der Waals surface area contributed by atoms with Crippen LogP contribution in [0.5, 0.6) is 0 Å². The average molecular weight is 263 g/mol. The minimum atomic E-state index is 0.293. The summed E-state index contributed by atoms with van der Waals surface area (Å²) in [6, 6.07) is 0. The third-order valence-corrected chi connectivity index (χ3v) is 4.80. The molecule has 1 aliphatic heterocycles. The fraction of sp³-hybridized carbons (Fsp3) is 0.867. The molecule has 1 aromatic heterocycles. The van der Waals surface area contributed by atoms with Crippen molar-refractivity contribution >= 4 is 0 Å². The first-order valence-electron chi connectivity index (χ1n) is 7.91. The molecule has 4 heteroatoms. The van der Waals surface area contributed by atoms with E-state index in [4.69, 9.17) is 0 Å². The molecule has 106 valence electrons. The van der Waals surface area contributed by atoms with E-state index in [1.54, 1.807) is 0 Å². The van der Waals surface area contributed by atoms with E-state index in [2.05, 4.69) is 14.8 Å². The lowest BCUT2D eigenvalue weighted by atomic mass is 9.90. The van der Waals surface area contributed by atoms with Crippen LogP contribution in [-0.2, 0) is 13.0 Å². The van der Waals surface area contributed by atoms with Gasteiger partial charge in [0.05, 0.1) is 0 Å². The molecule has 1 aliphatic carbocycles. The van der Waals surface area contributed by atoms with Crippen LogP contribution < -0.4 is 0 Å². The molecule has 0 bridgehead atoms. The summed E-state index contributed by atoms with van der Waals surface area (Å²) < 4.78 is 2.32. The van der Waals surface area contributed by atoms with Crippen LogP contribution in [0.4, 0.5) is 0 Å². The number of hydrogen-bond acceptors (Lipinski definition) is 3. The van der Waals surface area contributed by atoms with Crippen molar-refractivity contribution in [1.82, 2.24) is 14.8 Å². The van der Waals surface area contributed by atoms with Gasteiger partial charge in [0.2, 0.25) is 0 Å². The van der Waals surface area contributed by atoms with Gasteiger partial charge in [-0.15, -0.1) is 10.2 Å². The molecule has 0 radical (unpaired) electrons. The predicted octanol–water partition coefficient (Wildman–Crippen LogP) is 2.66. The first-order chi connectivity index (χ1) is 9.38. The Hall–Kier alpha value is -0.900. The maximum Gasteiger partial charge on any atom is 0.136 e. The molecule has 0 amide bonds. The summed E-state index contributed by atoms with van der Waals surface area (Å²) in [6.45, 7) is 1.21. The van der Waals surface area contributed by atoms with Crippen LogP contribution in [0, 0.1) is 5.92 Å². The van der Waals surface area contributed by atoms with Gasteiger partial charge in [-0.2, -0.15) is 0 Å². The van der Waals surface area contributed by atoms with E-state index < -0.39 is 0 Å². The molecular weight excluding hydrogens is 238 g/mol. The molecule has 0 aromatic carbocycles. The molecule has 1 aromatic rings. The van der Waals surface area contributed by atoms with Crippen LogP contribution >= 0.6 is 0 Å². The summed E-state index contributed by atoms with van der Waals surface area (Å²) in [7, 11) is 0. The van der Waals surface area contributed by atoms with E-state index >= 15 is 0 Å². The number of rotatable bonds is 2. The molecule has 1 saturated carbocycles. The van der Waals surface area contributed by atoms with Gasteiger partial charge >= 0.3 is 0 Å². The minimum Gasteiger partial charge on any atom is -0.396 e. The van der Waals surface area contributed by atoms with Gasteiger partial charge in [0.1, 0.15) is 11.6 Å². The summed E-state index contributed by atoms with van der Waals surface area (Å²) in [6.07, 6.45) is 11.4. The lowest BCUT2D eigenvalue weighted by molar-refractivity contribution is 0.188. The second kappa shape index (κ2) is 6.04. The standard InChI is InChI=1S/C15H25N3O/c19-11-12-8-9-14-16-17-15(18(14)10-12)13-6-4-2-1-3-5-7-13/h12-13,19H,1-11H2. The molecule has 1 fully saturated rings. The zero-order chi connectivity index (χ0) is 13.1. The number of aryl methyl sites for hydroxylation is 1. The quantitative estimate of drug-likeness (QED) is 0.892. The molecule has 19 heavy (non-hydrogen) atoms. The van der Waals surface area contributed by atoms with E-state index in [1.165, 1.54) is 50.8 Å². The van der Waals surface area contributed by atoms with Crippen molar-refractivity contribution < 1.29 is 5.11 Å². The highest BCUT2D eigenvalue weighted by molar-refractivity contribution is 5.05. The van der Waals surface area contributed by atoms with E-state index in [9.17, 15) is 5.11 Å². The van der Waals surface area contributed by atoms with Gasteiger partial charge in [0.25, 0.3) is 0 Å².